The van der Waals surface area contributed by atoms with E-state index in [0.29, 0.717) is 18.2 Å². The lowest BCUT2D eigenvalue weighted by Gasteiger charge is -2.32. The summed E-state index contributed by atoms with van der Waals surface area (Å²) >= 11 is 0. The molecule has 2 aromatic heterocycles. The first kappa shape index (κ1) is 28.5. The van der Waals surface area contributed by atoms with Gasteiger partial charge in [-0.25, -0.2) is 4.98 Å². The number of rotatable bonds is 10. The Morgan fingerprint density at radius 3 is 2.45 bits per heavy atom. The minimum Gasteiger partial charge on any atom is -0.393 e. The van der Waals surface area contributed by atoms with Gasteiger partial charge in [-0.3, -0.25) is 9.88 Å². The first-order chi connectivity index (χ1) is 18.1. The number of nitrogens with zero attached hydrogens (tertiary/aromatic N) is 5. The Labute approximate surface area is 223 Å². The second-order valence-electron chi connectivity index (χ2n) is 10.8. The third-order valence-corrected chi connectivity index (χ3v) is 7.40. The van der Waals surface area contributed by atoms with Crippen LogP contribution in [0.4, 0.5) is 24.9 Å². The number of anilines is 2. The van der Waals surface area contributed by atoms with Gasteiger partial charge in [0.15, 0.2) is 0 Å². The van der Waals surface area contributed by atoms with Crippen molar-refractivity contribution in [1.29, 1.82) is 0 Å². The van der Waals surface area contributed by atoms with Crippen LogP contribution in [0.5, 0.6) is 0 Å². The molecule has 8 nitrogen and oxygen atoms in total. The summed E-state index contributed by atoms with van der Waals surface area (Å²) in [6.07, 6.45) is 1.98. The van der Waals surface area contributed by atoms with Crippen molar-refractivity contribution >= 4 is 11.8 Å². The topological polar surface area (TPSA) is 89.4 Å². The largest absolute Gasteiger partial charge is 0.393 e. The van der Waals surface area contributed by atoms with E-state index in [4.69, 9.17) is 9.97 Å². The van der Waals surface area contributed by atoms with E-state index in [1.165, 1.54) is 0 Å². The maximum Gasteiger partial charge on any atom is 0.389 e. The van der Waals surface area contributed by atoms with Crippen LogP contribution in [-0.2, 0) is 6.54 Å². The molecule has 2 fully saturated rings. The van der Waals surface area contributed by atoms with Gasteiger partial charge in [0.05, 0.1) is 17.4 Å². The van der Waals surface area contributed by atoms with E-state index in [1.54, 1.807) is 6.20 Å². The second kappa shape index (κ2) is 13.0. The van der Waals surface area contributed by atoms with Crippen molar-refractivity contribution in [2.75, 3.05) is 43.9 Å². The van der Waals surface area contributed by atoms with E-state index >= 15 is 0 Å². The van der Waals surface area contributed by atoms with E-state index < -0.39 is 12.6 Å². The van der Waals surface area contributed by atoms with Crippen LogP contribution < -0.4 is 10.6 Å². The highest BCUT2D eigenvalue weighted by atomic mass is 19.4. The van der Waals surface area contributed by atoms with E-state index in [1.807, 2.05) is 19.2 Å². The normalized spacial score (nSPS) is 22.3. The Bertz CT molecular complexity index is 1000. The monoisotopic (exact) mass is 535 g/mol. The van der Waals surface area contributed by atoms with Crippen molar-refractivity contribution in [3.8, 4) is 11.3 Å². The van der Waals surface area contributed by atoms with Gasteiger partial charge in [0.1, 0.15) is 5.82 Å². The lowest BCUT2D eigenvalue weighted by molar-refractivity contribution is -0.135. The van der Waals surface area contributed by atoms with Gasteiger partial charge in [0, 0.05) is 63.6 Å². The second-order valence-corrected chi connectivity index (χ2v) is 10.8. The van der Waals surface area contributed by atoms with E-state index in [0.717, 1.165) is 75.2 Å². The van der Waals surface area contributed by atoms with Crippen LogP contribution in [0.25, 0.3) is 11.3 Å². The molecule has 0 amide bonds. The molecule has 210 valence electrons. The molecule has 3 heterocycles. The minimum absolute atomic E-state index is 0.0512. The summed E-state index contributed by atoms with van der Waals surface area (Å²) in [5.41, 5.74) is 2.69. The lowest BCUT2D eigenvalue weighted by atomic mass is 9.93. The molecule has 2 aliphatic rings. The molecule has 3 N–H and O–H groups in total. The van der Waals surface area contributed by atoms with Gasteiger partial charge in [0.25, 0.3) is 0 Å². The quantitative estimate of drug-likeness (QED) is 0.409. The Hall–Kier alpha value is -2.50. The number of piperazine rings is 1. The van der Waals surface area contributed by atoms with Gasteiger partial charge >= 0.3 is 6.18 Å². The standard InChI is InChI=1S/C27H40F3N7O/c1-19(4-3-11-27(28,29)30)33-26-32-17-23(25(35-26)34-21-6-8-22(38)9-7-21)24-10-5-20(16-31-24)18-37-14-12-36(2)13-15-37/h5,10,16-17,19,21-22,38H,3-4,6-9,11-15,18H2,1-2H3,(H2,32,33,34,35). The highest BCUT2D eigenvalue weighted by molar-refractivity contribution is 5.73. The molecule has 0 spiro atoms. The highest BCUT2D eigenvalue weighted by Gasteiger charge is 2.26. The Kier molecular flexibility index (Phi) is 9.78. The molecule has 0 aromatic carbocycles. The third kappa shape index (κ3) is 8.78. The Balaban J connectivity index is 1.46. The highest BCUT2D eigenvalue weighted by Crippen LogP contribution is 2.30. The predicted molar refractivity (Wildman–Crippen MR) is 143 cm³/mol. The Morgan fingerprint density at radius 1 is 1.05 bits per heavy atom. The molecule has 1 aliphatic carbocycles. The number of pyridine rings is 1. The summed E-state index contributed by atoms with van der Waals surface area (Å²) in [6, 6.07) is 4.05. The molecule has 1 aliphatic heterocycles. The number of hydrogen-bond donors (Lipinski definition) is 3. The van der Waals surface area contributed by atoms with Gasteiger partial charge in [-0.05, 0) is 64.1 Å². The number of aliphatic hydroxyl groups is 1. The lowest BCUT2D eigenvalue weighted by Crippen LogP contribution is -2.43. The van der Waals surface area contributed by atoms with Crippen LogP contribution in [0.2, 0.25) is 0 Å². The molecule has 0 bridgehead atoms. The molecule has 38 heavy (non-hydrogen) atoms. The first-order valence-corrected chi connectivity index (χ1v) is 13.7. The molecule has 1 saturated heterocycles. The zero-order valence-corrected chi connectivity index (χ0v) is 22.3. The molecule has 1 unspecified atom stereocenters. The fourth-order valence-electron chi connectivity index (χ4n) is 5.01. The molecule has 1 saturated carbocycles. The van der Waals surface area contributed by atoms with Crippen LogP contribution in [-0.4, -0.2) is 87.4 Å². The van der Waals surface area contributed by atoms with Gasteiger partial charge in [-0.2, -0.15) is 18.2 Å². The zero-order chi connectivity index (χ0) is 27.1. The summed E-state index contributed by atoms with van der Waals surface area (Å²) in [6.45, 7) is 6.92. The van der Waals surface area contributed by atoms with Crippen LogP contribution in [0.3, 0.4) is 0 Å². The average Bonchev–Trinajstić information content (AvgIpc) is 2.87. The summed E-state index contributed by atoms with van der Waals surface area (Å²) in [5, 5.41) is 16.6. The summed E-state index contributed by atoms with van der Waals surface area (Å²) in [4.78, 5) is 18.7. The molecule has 1 atom stereocenters. The van der Waals surface area contributed by atoms with E-state index in [-0.39, 0.29) is 24.6 Å². The number of aliphatic hydroxyl groups excluding tert-OH is 1. The van der Waals surface area contributed by atoms with Crippen molar-refractivity contribution in [3.05, 3.63) is 30.1 Å². The van der Waals surface area contributed by atoms with Gasteiger partial charge < -0.3 is 20.6 Å². The number of alkyl halides is 3. The molecule has 11 heteroatoms. The van der Waals surface area contributed by atoms with Crippen LogP contribution in [0.15, 0.2) is 24.5 Å². The number of likely N-dealkylation sites (N-methyl/N-ethyl adjacent to an activating group) is 1. The van der Waals surface area contributed by atoms with Crippen LogP contribution in [0.1, 0.15) is 57.4 Å². The van der Waals surface area contributed by atoms with E-state index in [2.05, 4.69) is 38.5 Å². The SMILES string of the molecule is CC(CCCC(F)(F)F)Nc1ncc(-c2ccc(CN3CCN(C)CC3)cn2)c(NC2CCC(O)CC2)n1. The van der Waals surface area contributed by atoms with Crippen molar-refractivity contribution < 1.29 is 18.3 Å². The number of halogens is 3. The molecular weight excluding hydrogens is 495 g/mol. The van der Waals surface area contributed by atoms with Gasteiger partial charge in [-0.15, -0.1) is 0 Å². The van der Waals surface area contributed by atoms with Crippen molar-refractivity contribution in [1.82, 2.24) is 24.8 Å². The molecular formula is C27H40F3N7O. The summed E-state index contributed by atoms with van der Waals surface area (Å²) in [7, 11) is 2.15. The Morgan fingerprint density at radius 2 is 1.79 bits per heavy atom. The fourth-order valence-corrected chi connectivity index (χ4v) is 5.01. The number of nitrogens with one attached hydrogen (secondary N) is 2. The minimum atomic E-state index is -4.14. The predicted octanol–water partition coefficient (Wildman–Crippen LogP) is 4.53. The molecule has 2 aromatic rings. The van der Waals surface area contributed by atoms with Crippen LogP contribution in [0, 0.1) is 0 Å². The average molecular weight is 536 g/mol. The smallest absolute Gasteiger partial charge is 0.389 e. The number of aromatic nitrogens is 3. The summed E-state index contributed by atoms with van der Waals surface area (Å²) in [5.74, 6) is 1.02. The van der Waals surface area contributed by atoms with E-state index in [9.17, 15) is 18.3 Å². The maximum absolute atomic E-state index is 12.5. The molecule has 4 rings (SSSR count). The number of hydrogen-bond acceptors (Lipinski definition) is 8. The molecule has 0 radical (unpaired) electrons. The first-order valence-electron chi connectivity index (χ1n) is 13.7. The summed E-state index contributed by atoms with van der Waals surface area (Å²) < 4.78 is 37.5. The van der Waals surface area contributed by atoms with Crippen LogP contribution >= 0.6 is 0 Å². The van der Waals surface area contributed by atoms with Crippen molar-refractivity contribution in [2.45, 2.75) is 82.8 Å². The third-order valence-electron chi connectivity index (χ3n) is 7.40. The van der Waals surface area contributed by atoms with Crippen molar-refractivity contribution in [2.24, 2.45) is 0 Å². The maximum atomic E-state index is 12.5. The van der Waals surface area contributed by atoms with Gasteiger partial charge in [0.2, 0.25) is 5.95 Å². The van der Waals surface area contributed by atoms with Gasteiger partial charge in [-0.1, -0.05) is 6.07 Å². The fraction of sp³-hybridized carbons (Fsp3) is 0.667. The van der Waals surface area contributed by atoms with Crippen molar-refractivity contribution in [3.63, 3.8) is 0 Å². The zero-order valence-electron chi connectivity index (χ0n) is 22.3.